The first-order valence-electron chi connectivity index (χ1n) is 3.75. The van der Waals surface area contributed by atoms with Gasteiger partial charge in [0.1, 0.15) is 0 Å². The third-order valence-electron chi connectivity index (χ3n) is 1.63. The van der Waals surface area contributed by atoms with E-state index < -0.39 is 0 Å². The summed E-state index contributed by atoms with van der Waals surface area (Å²) in [7, 11) is 0. The summed E-state index contributed by atoms with van der Waals surface area (Å²) in [5.74, 6) is 0. The fourth-order valence-electron chi connectivity index (χ4n) is 0.897. The van der Waals surface area contributed by atoms with Gasteiger partial charge in [-0.2, -0.15) is 0 Å². The summed E-state index contributed by atoms with van der Waals surface area (Å²) in [6, 6.07) is 6.14. The van der Waals surface area contributed by atoms with E-state index in [1.54, 1.807) is 0 Å². The molecule has 0 N–H and O–H groups in total. The van der Waals surface area contributed by atoms with Crippen LogP contribution in [0, 0.1) is 0 Å². The van der Waals surface area contributed by atoms with Gasteiger partial charge in [0.25, 0.3) is 0 Å². The molecule has 1 heterocycles. The van der Waals surface area contributed by atoms with Crippen LogP contribution < -0.4 is 0 Å². The maximum atomic E-state index is 4.29. The number of pyridine rings is 1. The molecule has 1 nitrogen and oxygen atoms in total. The monoisotopic (exact) mass is 265 g/mol. The Hall–Kier alpha value is -0.0604. The molecule has 0 aliphatic carbocycles. The fourth-order valence-corrected chi connectivity index (χ4v) is 1.86. The molecule has 1 aromatic rings. The van der Waals surface area contributed by atoms with Crippen molar-refractivity contribution in [2.24, 2.45) is 0 Å². The maximum absolute atomic E-state index is 4.29. The predicted octanol–water partition coefficient (Wildman–Crippen LogP) is 2.18. The van der Waals surface area contributed by atoms with E-state index in [9.17, 15) is 0 Å². The van der Waals surface area contributed by atoms with E-state index >= 15 is 0 Å². The van der Waals surface area contributed by atoms with E-state index in [0.29, 0.717) is 0 Å². The van der Waals surface area contributed by atoms with Gasteiger partial charge in [0, 0.05) is 0 Å². The molecule has 0 aliphatic heterocycles. The minimum absolute atomic E-state index is 0.224. The van der Waals surface area contributed by atoms with Gasteiger partial charge in [-0.25, -0.2) is 0 Å². The zero-order valence-corrected chi connectivity index (χ0v) is 9.28. The van der Waals surface area contributed by atoms with Gasteiger partial charge in [-0.05, 0) is 0 Å². The summed E-state index contributed by atoms with van der Waals surface area (Å²) in [5.41, 5.74) is 1.24. The Balaban J connectivity index is 2.51. The molecule has 0 aromatic carbocycles. The van der Waals surface area contributed by atoms with Crippen molar-refractivity contribution >= 4 is 20.9 Å². The fraction of sp³-hybridized carbons (Fsp3) is 0.444. The van der Waals surface area contributed by atoms with Crippen LogP contribution in [-0.2, 0) is 6.42 Å². The van der Waals surface area contributed by atoms with Crippen LogP contribution >= 0.6 is 0 Å². The van der Waals surface area contributed by atoms with Crippen LogP contribution in [0.5, 0.6) is 0 Å². The van der Waals surface area contributed by atoms with Crippen LogP contribution in [0.1, 0.15) is 12.6 Å². The SMILES string of the molecule is C[Te]C(C)Cc1ccccn1. The topological polar surface area (TPSA) is 12.9 Å². The molecular formula is C9H13NTe. The van der Waals surface area contributed by atoms with Crippen molar-refractivity contribution in [3.8, 4) is 0 Å². The zero-order chi connectivity index (χ0) is 8.10. The zero-order valence-electron chi connectivity index (χ0n) is 6.95. The van der Waals surface area contributed by atoms with Crippen molar-refractivity contribution < 1.29 is 0 Å². The Labute approximate surface area is 78.3 Å². The first-order valence-corrected chi connectivity index (χ1v) is 7.43. The number of aromatic nitrogens is 1. The molecule has 2 heteroatoms. The molecule has 0 saturated carbocycles. The molecule has 0 fully saturated rings. The van der Waals surface area contributed by atoms with E-state index in [0.717, 1.165) is 3.97 Å². The molecule has 0 bridgehead atoms. The predicted molar refractivity (Wildman–Crippen MR) is 49.0 cm³/mol. The van der Waals surface area contributed by atoms with Crippen molar-refractivity contribution in [2.75, 3.05) is 0 Å². The first kappa shape index (κ1) is 9.03. The second kappa shape index (κ2) is 4.74. The molecule has 1 unspecified atom stereocenters. The molecule has 60 valence electrons. The first-order chi connectivity index (χ1) is 5.33. The van der Waals surface area contributed by atoms with Crippen molar-refractivity contribution in [1.29, 1.82) is 0 Å². The average Bonchev–Trinajstić information content (AvgIpc) is 2.06. The summed E-state index contributed by atoms with van der Waals surface area (Å²) in [4.78, 5) is 6.63. The Morgan fingerprint density at radius 3 is 2.91 bits per heavy atom. The van der Waals surface area contributed by atoms with Crippen LogP contribution in [0.4, 0.5) is 0 Å². The minimum atomic E-state index is 0.224. The Morgan fingerprint density at radius 2 is 2.36 bits per heavy atom. The van der Waals surface area contributed by atoms with Gasteiger partial charge in [0.2, 0.25) is 0 Å². The number of nitrogens with zero attached hydrogens (tertiary/aromatic N) is 1. The third kappa shape index (κ3) is 3.22. The van der Waals surface area contributed by atoms with E-state index in [2.05, 4.69) is 29.0 Å². The third-order valence-corrected chi connectivity index (χ3v) is 4.40. The Bertz CT molecular complexity index is 198. The van der Waals surface area contributed by atoms with Gasteiger partial charge >= 0.3 is 78.3 Å². The molecule has 0 radical (unpaired) electrons. The van der Waals surface area contributed by atoms with E-state index in [1.165, 1.54) is 12.1 Å². The molecule has 11 heavy (non-hydrogen) atoms. The van der Waals surface area contributed by atoms with E-state index in [-0.39, 0.29) is 20.9 Å². The van der Waals surface area contributed by atoms with Gasteiger partial charge in [-0.3, -0.25) is 0 Å². The second-order valence-electron chi connectivity index (χ2n) is 2.57. The normalized spacial score (nSPS) is 12.9. The Morgan fingerprint density at radius 1 is 1.55 bits per heavy atom. The Kier molecular flexibility index (Phi) is 3.90. The van der Waals surface area contributed by atoms with Crippen LogP contribution in [-0.4, -0.2) is 25.9 Å². The summed E-state index contributed by atoms with van der Waals surface area (Å²) >= 11 is 0.224. The number of hydrogen-bond donors (Lipinski definition) is 0. The summed E-state index contributed by atoms with van der Waals surface area (Å²) in [5, 5.41) is 0. The van der Waals surface area contributed by atoms with Crippen LogP contribution in [0.3, 0.4) is 0 Å². The van der Waals surface area contributed by atoms with Gasteiger partial charge in [0.05, 0.1) is 0 Å². The quantitative estimate of drug-likeness (QED) is 0.761. The van der Waals surface area contributed by atoms with E-state index in [4.69, 9.17) is 0 Å². The standard InChI is InChI=1S/C9H13NTe/c1-8(11-2)7-9-5-3-4-6-10-9/h3-6,8H,7H2,1-2H3. The molecule has 1 atom stereocenters. The molecule has 0 amide bonds. The van der Waals surface area contributed by atoms with Gasteiger partial charge in [-0.15, -0.1) is 0 Å². The summed E-state index contributed by atoms with van der Waals surface area (Å²) in [6.45, 7) is 2.32. The van der Waals surface area contributed by atoms with E-state index in [1.807, 2.05) is 12.3 Å². The van der Waals surface area contributed by atoms with Crippen LogP contribution in [0.25, 0.3) is 0 Å². The molecule has 1 aromatic heterocycles. The molecule has 0 aliphatic rings. The average molecular weight is 263 g/mol. The molecule has 1 rings (SSSR count). The van der Waals surface area contributed by atoms with Gasteiger partial charge in [0.15, 0.2) is 0 Å². The van der Waals surface area contributed by atoms with Crippen molar-refractivity contribution in [2.45, 2.75) is 22.3 Å². The number of rotatable bonds is 3. The van der Waals surface area contributed by atoms with Crippen molar-refractivity contribution in [3.05, 3.63) is 30.1 Å². The second-order valence-corrected chi connectivity index (χ2v) is 6.21. The van der Waals surface area contributed by atoms with Gasteiger partial charge in [-0.1, -0.05) is 0 Å². The molecular weight excluding hydrogens is 250 g/mol. The molecule has 0 spiro atoms. The number of hydrogen-bond acceptors (Lipinski definition) is 1. The summed E-state index contributed by atoms with van der Waals surface area (Å²) < 4.78 is 0.885. The summed E-state index contributed by atoms with van der Waals surface area (Å²) in [6.07, 6.45) is 3.04. The van der Waals surface area contributed by atoms with Crippen LogP contribution in [0.2, 0.25) is 8.94 Å². The van der Waals surface area contributed by atoms with Crippen LogP contribution in [0.15, 0.2) is 24.4 Å². The van der Waals surface area contributed by atoms with Gasteiger partial charge < -0.3 is 0 Å². The van der Waals surface area contributed by atoms with Crippen molar-refractivity contribution in [3.63, 3.8) is 0 Å². The van der Waals surface area contributed by atoms with Crippen molar-refractivity contribution in [1.82, 2.24) is 4.98 Å². The molecule has 0 saturated heterocycles.